The van der Waals surface area contributed by atoms with Crippen LogP contribution in [0.5, 0.6) is 0 Å². The molecule has 1 heterocycles. The average Bonchev–Trinajstić information content (AvgIpc) is 2.53. The number of piperidine rings is 1. The number of carbonyl (C=O) groups excluding carboxylic acids is 1. The van der Waals surface area contributed by atoms with Crippen LogP contribution < -0.4 is 10.8 Å². The fourth-order valence-corrected chi connectivity index (χ4v) is 2.94. The number of likely N-dealkylation sites (tertiary alicyclic amines) is 1. The highest BCUT2D eigenvalue weighted by molar-refractivity contribution is 6.58. The van der Waals surface area contributed by atoms with Gasteiger partial charge in [0.15, 0.2) is 0 Å². The summed E-state index contributed by atoms with van der Waals surface area (Å²) in [5, 5.41) is 21.1. The van der Waals surface area contributed by atoms with Gasteiger partial charge in [-0.25, -0.2) is 4.79 Å². The van der Waals surface area contributed by atoms with Crippen LogP contribution in [-0.4, -0.2) is 53.4 Å². The van der Waals surface area contributed by atoms with Crippen molar-refractivity contribution in [3.8, 4) is 0 Å². The molecule has 0 atom stereocenters. The minimum absolute atomic E-state index is 0.346. The molecule has 1 aliphatic heterocycles. The van der Waals surface area contributed by atoms with Gasteiger partial charge in [0.1, 0.15) is 5.60 Å². The van der Waals surface area contributed by atoms with Crippen molar-refractivity contribution in [2.45, 2.75) is 45.8 Å². The summed E-state index contributed by atoms with van der Waals surface area (Å²) in [4.78, 5) is 14.1. The van der Waals surface area contributed by atoms with Crippen molar-refractivity contribution < 1.29 is 19.6 Å². The van der Waals surface area contributed by atoms with E-state index in [1.54, 1.807) is 12.1 Å². The Balaban J connectivity index is 1.70. The van der Waals surface area contributed by atoms with E-state index in [0.717, 1.165) is 38.0 Å². The number of ether oxygens (including phenoxy) is 1. The molecule has 1 saturated heterocycles. The SMILES string of the molecule is CC(C)(C)OC(=O)NCC1CCN(Cc2ccc(B(O)O)cc2)CC1. The number of nitrogens with zero attached hydrogens (tertiary/aromatic N) is 1. The lowest BCUT2D eigenvalue weighted by molar-refractivity contribution is 0.0509. The van der Waals surface area contributed by atoms with E-state index in [-0.39, 0.29) is 6.09 Å². The van der Waals surface area contributed by atoms with Gasteiger partial charge in [0.2, 0.25) is 0 Å². The van der Waals surface area contributed by atoms with E-state index in [2.05, 4.69) is 10.2 Å². The smallest absolute Gasteiger partial charge is 0.444 e. The van der Waals surface area contributed by atoms with Crippen molar-refractivity contribution in [2.75, 3.05) is 19.6 Å². The van der Waals surface area contributed by atoms with E-state index < -0.39 is 12.7 Å². The van der Waals surface area contributed by atoms with Crippen LogP contribution in [0.2, 0.25) is 0 Å². The molecule has 0 radical (unpaired) electrons. The van der Waals surface area contributed by atoms with Gasteiger partial charge in [-0.05, 0) is 63.6 Å². The van der Waals surface area contributed by atoms with Crippen molar-refractivity contribution in [3.05, 3.63) is 29.8 Å². The van der Waals surface area contributed by atoms with Crippen LogP contribution in [0.15, 0.2) is 24.3 Å². The molecular formula is C18H29BN2O4. The van der Waals surface area contributed by atoms with E-state index in [1.165, 1.54) is 0 Å². The normalized spacial score (nSPS) is 16.5. The molecule has 25 heavy (non-hydrogen) atoms. The minimum atomic E-state index is -1.41. The van der Waals surface area contributed by atoms with Crippen LogP contribution in [0.25, 0.3) is 0 Å². The summed E-state index contributed by atoms with van der Waals surface area (Å²) < 4.78 is 5.26. The number of alkyl carbamates (subject to hydrolysis) is 1. The van der Waals surface area contributed by atoms with E-state index in [4.69, 9.17) is 14.8 Å². The second-order valence-corrected chi connectivity index (χ2v) is 7.72. The standard InChI is InChI=1S/C18H29BN2O4/c1-18(2,3)25-17(22)20-12-14-8-10-21(11-9-14)13-15-4-6-16(7-5-15)19(23)24/h4-7,14,23-24H,8-13H2,1-3H3,(H,20,22). The Morgan fingerprint density at radius 2 is 1.84 bits per heavy atom. The molecule has 1 aromatic rings. The van der Waals surface area contributed by atoms with Crippen LogP contribution in [0.4, 0.5) is 4.79 Å². The fourth-order valence-electron chi connectivity index (χ4n) is 2.94. The summed E-state index contributed by atoms with van der Waals surface area (Å²) in [5.41, 5.74) is 1.21. The Labute approximate surface area is 150 Å². The molecule has 0 aliphatic carbocycles. The van der Waals surface area contributed by atoms with Crippen LogP contribution in [0, 0.1) is 5.92 Å². The third-order valence-corrected chi connectivity index (χ3v) is 4.33. The Morgan fingerprint density at radius 3 is 2.36 bits per heavy atom. The van der Waals surface area contributed by atoms with Gasteiger partial charge < -0.3 is 20.1 Å². The number of rotatable bonds is 5. The molecule has 1 aromatic carbocycles. The van der Waals surface area contributed by atoms with Crippen molar-refractivity contribution in [2.24, 2.45) is 5.92 Å². The monoisotopic (exact) mass is 348 g/mol. The van der Waals surface area contributed by atoms with Gasteiger partial charge in [-0.15, -0.1) is 0 Å². The minimum Gasteiger partial charge on any atom is -0.444 e. The van der Waals surface area contributed by atoms with Crippen LogP contribution in [0.1, 0.15) is 39.2 Å². The molecule has 0 saturated carbocycles. The van der Waals surface area contributed by atoms with E-state index in [0.29, 0.717) is 17.9 Å². The van der Waals surface area contributed by atoms with Gasteiger partial charge in [-0.3, -0.25) is 4.90 Å². The van der Waals surface area contributed by atoms with Gasteiger partial charge in [-0.2, -0.15) is 0 Å². The highest BCUT2D eigenvalue weighted by Crippen LogP contribution is 2.18. The Kier molecular flexibility index (Phi) is 6.87. The first-order chi connectivity index (χ1) is 11.7. The summed E-state index contributed by atoms with van der Waals surface area (Å²) in [6, 6.07) is 7.37. The Hall–Kier alpha value is -1.57. The summed E-state index contributed by atoms with van der Waals surface area (Å²) in [5.74, 6) is 0.482. The van der Waals surface area contributed by atoms with Crippen molar-refractivity contribution in [3.63, 3.8) is 0 Å². The molecule has 7 heteroatoms. The zero-order valence-corrected chi connectivity index (χ0v) is 15.4. The lowest BCUT2D eigenvalue weighted by Crippen LogP contribution is -2.40. The largest absolute Gasteiger partial charge is 0.488 e. The number of hydrogen-bond donors (Lipinski definition) is 3. The lowest BCUT2D eigenvalue weighted by atomic mass is 9.80. The third-order valence-electron chi connectivity index (χ3n) is 4.33. The highest BCUT2D eigenvalue weighted by atomic mass is 16.6. The molecule has 3 N–H and O–H groups in total. The Morgan fingerprint density at radius 1 is 1.24 bits per heavy atom. The van der Waals surface area contributed by atoms with Gasteiger partial charge in [0, 0.05) is 13.1 Å². The summed E-state index contributed by atoms with van der Waals surface area (Å²) >= 11 is 0. The highest BCUT2D eigenvalue weighted by Gasteiger charge is 2.21. The van der Waals surface area contributed by atoms with Gasteiger partial charge in [0.25, 0.3) is 0 Å². The van der Waals surface area contributed by atoms with Crippen LogP contribution in [0.3, 0.4) is 0 Å². The first-order valence-electron chi connectivity index (χ1n) is 8.87. The number of hydrogen-bond acceptors (Lipinski definition) is 5. The second-order valence-electron chi connectivity index (χ2n) is 7.72. The molecule has 0 spiro atoms. The maximum Gasteiger partial charge on any atom is 0.488 e. The molecule has 0 unspecified atom stereocenters. The van der Waals surface area contributed by atoms with Crippen molar-refractivity contribution in [1.82, 2.24) is 10.2 Å². The number of benzene rings is 1. The van der Waals surface area contributed by atoms with Crippen molar-refractivity contribution >= 4 is 18.7 Å². The summed E-state index contributed by atoms with van der Waals surface area (Å²) in [6.07, 6.45) is 1.74. The average molecular weight is 348 g/mol. The zero-order valence-electron chi connectivity index (χ0n) is 15.4. The maximum atomic E-state index is 11.7. The molecule has 0 bridgehead atoms. The summed E-state index contributed by atoms with van der Waals surface area (Å²) in [6.45, 7) is 9.08. The quantitative estimate of drug-likeness (QED) is 0.695. The van der Waals surface area contributed by atoms with E-state index in [9.17, 15) is 4.79 Å². The van der Waals surface area contributed by atoms with Gasteiger partial charge in [0.05, 0.1) is 0 Å². The predicted molar refractivity (Wildman–Crippen MR) is 98.5 cm³/mol. The van der Waals surface area contributed by atoms with E-state index in [1.807, 2.05) is 32.9 Å². The number of carbonyl (C=O) groups is 1. The number of nitrogens with one attached hydrogen (secondary N) is 1. The second kappa shape index (κ2) is 8.69. The Bertz CT molecular complexity index is 549. The van der Waals surface area contributed by atoms with Crippen LogP contribution >= 0.6 is 0 Å². The molecule has 1 amide bonds. The topological polar surface area (TPSA) is 82.0 Å². The molecule has 0 aromatic heterocycles. The molecule has 1 aliphatic rings. The van der Waals surface area contributed by atoms with Gasteiger partial charge in [-0.1, -0.05) is 24.3 Å². The maximum absolute atomic E-state index is 11.7. The molecule has 1 fully saturated rings. The zero-order chi connectivity index (χ0) is 18.4. The fraction of sp³-hybridized carbons (Fsp3) is 0.611. The van der Waals surface area contributed by atoms with E-state index >= 15 is 0 Å². The third kappa shape index (κ3) is 7.06. The van der Waals surface area contributed by atoms with Crippen molar-refractivity contribution in [1.29, 1.82) is 0 Å². The first kappa shape index (κ1) is 19.8. The first-order valence-corrected chi connectivity index (χ1v) is 8.87. The molecule has 6 nitrogen and oxygen atoms in total. The van der Waals surface area contributed by atoms with Crippen LogP contribution in [-0.2, 0) is 11.3 Å². The lowest BCUT2D eigenvalue weighted by Gasteiger charge is -2.32. The molecule has 138 valence electrons. The number of amides is 1. The summed E-state index contributed by atoms with van der Waals surface area (Å²) in [7, 11) is -1.41. The molecular weight excluding hydrogens is 319 g/mol. The van der Waals surface area contributed by atoms with Gasteiger partial charge >= 0.3 is 13.2 Å². The molecule has 2 rings (SSSR count). The predicted octanol–water partition coefficient (Wildman–Crippen LogP) is 1.10.